The average Bonchev–Trinajstić information content (AvgIpc) is 2.20. The number of nitrogens with one attached hydrogen (secondary N) is 1. The van der Waals surface area contributed by atoms with Crippen molar-refractivity contribution in [2.75, 3.05) is 17.4 Å². The molecule has 0 aromatic heterocycles. The van der Waals surface area contributed by atoms with Crippen LogP contribution < -0.4 is 9.03 Å². The largest absolute Gasteiger partial charge is 0.303 e. The van der Waals surface area contributed by atoms with Gasteiger partial charge in [0.15, 0.2) is 0 Å². The Labute approximate surface area is 81.4 Å². The fourth-order valence-electron chi connectivity index (χ4n) is 1.25. The molecule has 0 atom stereocenters. The Morgan fingerprint density at radius 2 is 2.08 bits per heavy atom. The minimum atomic E-state index is -0.182. The second kappa shape index (κ2) is 3.98. The molecule has 1 aliphatic rings. The van der Waals surface area contributed by atoms with Crippen LogP contribution in [0.5, 0.6) is 0 Å². The molecule has 0 radical (unpaired) electrons. The first-order valence-electron chi connectivity index (χ1n) is 4.29. The van der Waals surface area contributed by atoms with Gasteiger partial charge in [-0.3, -0.25) is 0 Å². The van der Waals surface area contributed by atoms with Gasteiger partial charge in [-0.05, 0) is 30.7 Å². The van der Waals surface area contributed by atoms with Gasteiger partial charge >= 0.3 is 0 Å². The fourth-order valence-corrected chi connectivity index (χ4v) is 2.09. The topological polar surface area (TPSA) is 15.3 Å². The van der Waals surface area contributed by atoms with Gasteiger partial charge in [-0.1, -0.05) is 0 Å². The van der Waals surface area contributed by atoms with Crippen molar-refractivity contribution in [3.63, 3.8) is 0 Å². The van der Waals surface area contributed by atoms with E-state index >= 15 is 0 Å². The maximum Gasteiger partial charge on any atom is 0.123 e. The highest BCUT2D eigenvalue weighted by Gasteiger charge is 2.10. The molecule has 70 valence electrons. The van der Waals surface area contributed by atoms with Crippen molar-refractivity contribution in [2.45, 2.75) is 6.42 Å². The molecule has 0 aliphatic carbocycles. The van der Waals surface area contributed by atoms with E-state index in [1.807, 2.05) is 0 Å². The van der Waals surface area contributed by atoms with Crippen LogP contribution in [-0.4, -0.2) is 13.1 Å². The third-order valence-electron chi connectivity index (χ3n) is 1.93. The van der Waals surface area contributed by atoms with Crippen LogP contribution in [0, 0.1) is 5.82 Å². The van der Waals surface area contributed by atoms with E-state index in [1.54, 1.807) is 24.3 Å². The van der Waals surface area contributed by atoms with Gasteiger partial charge < -0.3 is 4.31 Å². The highest BCUT2D eigenvalue weighted by atomic mass is 32.2. The summed E-state index contributed by atoms with van der Waals surface area (Å²) in [6, 6.07) is 6.58. The Morgan fingerprint density at radius 3 is 2.69 bits per heavy atom. The van der Waals surface area contributed by atoms with Gasteiger partial charge in [-0.2, -0.15) is 0 Å². The maximum atomic E-state index is 12.6. The molecular formula is C9H11FN2S. The van der Waals surface area contributed by atoms with Gasteiger partial charge in [0.25, 0.3) is 0 Å². The SMILES string of the molecule is Fc1ccc(N2CCCNS2)cc1. The predicted molar refractivity (Wildman–Crippen MR) is 54.0 cm³/mol. The second-order valence-corrected chi connectivity index (χ2v) is 3.83. The van der Waals surface area contributed by atoms with Crippen LogP contribution in [-0.2, 0) is 0 Å². The number of hydrogen-bond acceptors (Lipinski definition) is 3. The molecule has 0 amide bonds. The molecule has 1 N–H and O–H groups in total. The van der Waals surface area contributed by atoms with E-state index in [2.05, 4.69) is 9.03 Å². The van der Waals surface area contributed by atoms with Crippen LogP contribution in [0.2, 0.25) is 0 Å². The lowest BCUT2D eigenvalue weighted by Crippen LogP contribution is -2.29. The van der Waals surface area contributed by atoms with Crippen LogP contribution in [0.1, 0.15) is 6.42 Å². The summed E-state index contributed by atoms with van der Waals surface area (Å²) >= 11 is 1.58. The first-order chi connectivity index (χ1) is 6.36. The normalized spacial score (nSPS) is 17.5. The molecular weight excluding hydrogens is 187 g/mol. The standard InChI is InChI=1S/C9H11FN2S/c10-8-2-4-9(5-3-8)12-7-1-6-11-13-12/h2-5,11H,1,6-7H2. The Morgan fingerprint density at radius 1 is 1.31 bits per heavy atom. The molecule has 1 aromatic rings. The Hall–Kier alpha value is -0.740. The van der Waals surface area contributed by atoms with Crippen LogP contribution in [0.15, 0.2) is 24.3 Å². The first kappa shape index (κ1) is 8.84. The van der Waals surface area contributed by atoms with E-state index in [1.165, 1.54) is 12.1 Å². The van der Waals surface area contributed by atoms with Crippen molar-refractivity contribution in [3.8, 4) is 0 Å². The van der Waals surface area contributed by atoms with E-state index < -0.39 is 0 Å². The maximum absolute atomic E-state index is 12.6. The summed E-state index contributed by atoms with van der Waals surface area (Å²) < 4.78 is 17.9. The second-order valence-electron chi connectivity index (χ2n) is 2.92. The van der Waals surface area contributed by atoms with Crippen molar-refractivity contribution in [3.05, 3.63) is 30.1 Å². The van der Waals surface area contributed by atoms with Crippen LogP contribution in [0.25, 0.3) is 0 Å². The highest BCUT2D eigenvalue weighted by molar-refractivity contribution is 7.98. The van der Waals surface area contributed by atoms with Gasteiger partial charge in [-0.15, -0.1) is 0 Å². The first-order valence-corrected chi connectivity index (χ1v) is 5.06. The Bertz CT molecular complexity index is 269. The number of benzene rings is 1. The zero-order valence-electron chi connectivity index (χ0n) is 7.16. The van der Waals surface area contributed by atoms with Crippen LogP contribution in [0.3, 0.4) is 0 Å². The zero-order chi connectivity index (χ0) is 9.10. The molecule has 0 bridgehead atoms. The summed E-state index contributed by atoms with van der Waals surface area (Å²) in [5.41, 5.74) is 1.05. The van der Waals surface area contributed by atoms with Gasteiger partial charge in [0.05, 0.1) is 0 Å². The molecule has 1 aromatic carbocycles. The summed E-state index contributed by atoms with van der Waals surface area (Å²) in [6.07, 6.45) is 1.13. The van der Waals surface area contributed by atoms with Crippen molar-refractivity contribution < 1.29 is 4.39 Å². The van der Waals surface area contributed by atoms with E-state index in [9.17, 15) is 4.39 Å². The lowest BCUT2D eigenvalue weighted by Gasteiger charge is -2.27. The van der Waals surface area contributed by atoms with E-state index in [-0.39, 0.29) is 5.82 Å². The number of halogens is 1. The molecule has 13 heavy (non-hydrogen) atoms. The monoisotopic (exact) mass is 198 g/mol. The Balaban J connectivity index is 2.10. The molecule has 0 spiro atoms. The molecule has 1 aliphatic heterocycles. The summed E-state index contributed by atoms with van der Waals surface area (Å²) in [5.74, 6) is -0.182. The van der Waals surface area contributed by atoms with Crippen molar-refractivity contribution >= 4 is 17.8 Å². The molecule has 2 nitrogen and oxygen atoms in total. The molecule has 1 saturated heterocycles. The van der Waals surface area contributed by atoms with Gasteiger partial charge in [0.2, 0.25) is 0 Å². The predicted octanol–water partition coefficient (Wildman–Crippen LogP) is 2.19. The van der Waals surface area contributed by atoms with E-state index in [0.717, 1.165) is 25.2 Å². The smallest absolute Gasteiger partial charge is 0.123 e. The number of hydrogen-bond donors (Lipinski definition) is 1. The third kappa shape index (κ3) is 2.14. The van der Waals surface area contributed by atoms with Crippen molar-refractivity contribution in [2.24, 2.45) is 0 Å². The van der Waals surface area contributed by atoms with E-state index in [4.69, 9.17) is 0 Å². The molecule has 0 unspecified atom stereocenters. The fraction of sp³-hybridized carbons (Fsp3) is 0.333. The summed E-state index contributed by atoms with van der Waals surface area (Å²) in [5, 5.41) is 0. The number of rotatable bonds is 1. The number of nitrogens with zero attached hydrogens (tertiary/aromatic N) is 1. The summed E-state index contributed by atoms with van der Waals surface area (Å²) in [4.78, 5) is 0. The number of anilines is 1. The van der Waals surface area contributed by atoms with Crippen molar-refractivity contribution in [1.29, 1.82) is 0 Å². The average molecular weight is 198 g/mol. The van der Waals surface area contributed by atoms with E-state index in [0.29, 0.717) is 0 Å². The molecule has 4 heteroatoms. The summed E-state index contributed by atoms with van der Waals surface area (Å²) in [7, 11) is 0. The molecule has 0 saturated carbocycles. The van der Waals surface area contributed by atoms with Crippen LogP contribution in [0.4, 0.5) is 10.1 Å². The van der Waals surface area contributed by atoms with Gasteiger partial charge in [0.1, 0.15) is 5.82 Å². The van der Waals surface area contributed by atoms with Gasteiger partial charge in [0, 0.05) is 30.9 Å². The lowest BCUT2D eigenvalue weighted by molar-refractivity contribution is 0.627. The lowest BCUT2D eigenvalue weighted by atomic mass is 10.3. The quantitative estimate of drug-likeness (QED) is 0.696. The summed E-state index contributed by atoms with van der Waals surface area (Å²) in [6.45, 7) is 2.06. The minimum Gasteiger partial charge on any atom is -0.303 e. The molecule has 1 heterocycles. The minimum absolute atomic E-state index is 0.182. The molecule has 1 fully saturated rings. The Kier molecular flexibility index (Phi) is 2.71. The molecule has 2 rings (SSSR count). The zero-order valence-corrected chi connectivity index (χ0v) is 7.98. The van der Waals surface area contributed by atoms with Crippen LogP contribution >= 0.6 is 12.1 Å². The van der Waals surface area contributed by atoms with Gasteiger partial charge in [-0.25, -0.2) is 9.11 Å². The highest BCUT2D eigenvalue weighted by Crippen LogP contribution is 2.23. The van der Waals surface area contributed by atoms with Crippen molar-refractivity contribution in [1.82, 2.24) is 4.72 Å². The third-order valence-corrected chi connectivity index (χ3v) is 2.88.